The molecule has 0 bridgehead atoms. The van der Waals surface area contributed by atoms with Gasteiger partial charge in [-0.05, 0) is 25.0 Å². The van der Waals surface area contributed by atoms with Crippen LogP contribution in [-0.2, 0) is 0 Å². The molecule has 0 fully saturated rings. The third kappa shape index (κ3) is 2.29. The maximum atomic E-state index is 4.80. The van der Waals surface area contributed by atoms with Gasteiger partial charge in [-0.1, -0.05) is 55.8 Å². The van der Waals surface area contributed by atoms with Gasteiger partial charge < -0.3 is 0 Å². The monoisotopic (exact) mass is 262 g/mol. The van der Waals surface area contributed by atoms with Crippen molar-refractivity contribution in [1.82, 2.24) is 9.97 Å². The quantitative estimate of drug-likeness (QED) is 0.667. The molecule has 3 aromatic rings. The van der Waals surface area contributed by atoms with Gasteiger partial charge in [0.1, 0.15) is 0 Å². The third-order valence-corrected chi connectivity index (χ3v) is 3.46. The summed E-state index contributed by atoms with van der Waals surface area (Å²) in [6, 6.07) is 16.5. The number of rotatable bonds is 2. The van der Waals surface area contributed by atoms with Crippen LogP contribution in [0.2, 0.25) is 0 Å². The fourth-order valence-electron chi connectivity index (χ4n) is 2.42. The molecule has 0 radical (unpaired) electrons. The summed E-state index contributed by atoms with van der Waals surface area (Å²) in [5.41, 5.74) is 4.46. The third-order valence-electron chi connectivity index (χ3n) is 3.46. The summed E-state index contributed by atoms with van der Waals surface area (Å²) in [5, 5.41) is 1.17. The Morgan fingerprint density at radius 3 is 2.35 bits per heavy atom. The standard InChI is InChI=1S/C18H18N2/c1-12(2)17-15-11-13(3)9-10-16(15)19-18(20-17)14-7-5-4-6-8-14/h4-12H,1-3H3. The minimum Gasteiger partial charge on any atom is -0.232 e. The molecular formula is C18H18N2. The Morgan fingerprint density at radius 2 is 1.65 bits per heavy atom. The molecule has 0 aliphatic rings. The van der Waals surface area contributed by atoms with Gasteiger partial charge >= 0.3 is 0 Å². The number of aryl methyl sites for hydroxylation is 1. The van der Waals surface area contributed by atoms with Crippen molar-refractivity contribution in [1.29, 1.82) is 0 Å². The van der Waals surface area contributed by atoms with E-state index < -0.39 is 0 Å². The Kier molecular flexibility index (Phi) is 3.23. The molecule has 1 aromatic heterocycles. The fraction of sp³-hybridized carbons (Fsp3) is 0.222. The molecule has 0 unspecified atom stereocenters. The van der Waals surface area contributed by atoms with Crippen LogP contribution in [0.4, 0.5) is 0 Å². The largest absolute Gasteiger partial charge is 0.232 e. The molecule has 0 aliphatic heterocycles. The molecule has 2 heteroatoms. The summed E-state index contributed by atoms with van der Waals surface area (Å²) in [6.45, 7) is 6.46. The van der Waals surface area contributed by atoms with Gasteiger partial charge in [-0.15, -0.1) is 0 Å². The van der Waals surface area contributed by atoms with E-state index in [1.807, 2.05) is 18.2 Å². The van der Waals surface area contributed by atoms with Crippen molar-refractivity contribution in [3.05, 3.63) is 59.8 Å². The zero-order valence-electron chi connectivity index (χ0n) is 12.1. The highest BCUT2D eigenvalue weighted by Gasteiger charge is 2.12. The van der Waals surface area contributed by atoms with Crippen LogP contribution >= 0.6 is 0 Å². The molecule has 2 aromatic carbocycles. The molecule has 1 heterocycles. The second-order valence-electron chi connectivity index (χ2n) is 5.47. The van der Waals surface area contributed by atoms with E-state index in [0.717, 1.165) is 22.6 Å². The SMILES string of the molecule is Cc1ccc2nc(-c3ccccc3)nc(C(C)C)c2c1. The van der Waals surface area contributed by atoms with Crippen molar-refractivity contribution >= 4 is 10.9 Å². The van der Waals surface area contributed by atoms with E-state index in [2.05, 4.69) is 51.1 Å². The first-order valence-corrected chi connectivity index (χ1v) is 6.99. The average Bonchev–Trinajstić information content (AvgIpc) is 2.47. The van der Waals surface area contributed by atoms with Crippen LogP contribution in [0.5, 0.6) is 0 Å². The normalized spacial score (nSPS) is 11.2. The summed E-state index contributed by atoms with van der Waals surface area (Å²) in [6.07, 6.45) is 0. The topological polar surface area (TPSA) is 25.8 Å². The second-order valence-corrected chi connectivity index (χ2v) is 5.47. The zero-order chi connectivity index (χ0) is 14.1. The Labute approximate surface area is 119 Å². The predicted molar refractivity (Wildman–Crippen MR) is 83.8 cm³/mol. The van der Waals surface area contributed by atoms with Crippen LogP contribution in [-0.4, -0.2) is 9.97 Å². The van der Waals surface area contributed by atoms with Crippen molar-refractivity contribution in [2.75, 3.05) is 0 Å². The molecule has 0 spiro atoms. The predicted octanol–water partition coefficient (Wildman–Crippen LogP) is 4.73. The molecule has 0 N–H and O–H groups in total. The first-order chi connectivity index (χ1) is 9.65. The Hall–Kier alpha value is -2.22. The van der Waals surface area contributed by atoms with Gasteiger partial charge in [0.2, 0.25) is 0 Å². The molecule has 3 rings (SSSR count). The Bertz CT molecular complexity index is 746. The lowest BCUT2D eigenvalue weighted by Gasteiger charge is -2.12. The van der Waals surface area contributed by atoms with Crippen LogP contribution in [0, 0.1) is 6.92 Å². The zero-order valence-corrected chi connectivity index (χ0v) is 12.1. The van der Waals surface area contributed by atoms with Crippen molar-refractivity contribution < 1.29 is 0 Å². The lowest BCUT2D eigenvalue weighted by Crippen LogP contribution is -2.00. The van der Waals surface area contributed by atoms with Crippen LogP contribution in [0.1, 0.15) is 31.0 Å². The summed E-state index contributed by atoms with van der Waals surface area (Å²) in [7, 11) is 0. The minimum absolute atomic E-state index is 0.379. The molecule has 0 saturated heterocycles. The van der Waals surface area contributed by atoms with Gasteiger partial charge in [-0.2, -0.15) is 0 Å². The van der Waals surface area contributed by atoms with Gasteiger partial charge in [-0.25, -0.2) is 9.97 Å². The Balaban J connectivity index is 2.29. The summed E-state index contributed by atoms with van der Waals surface area (Å²) >= 11 is 0. The number of fused-ring (bicyclic) bond motifs is 1. The van der Waals surface area contributed by atoms with Crippen molar-refractivity contribution in [2.24, 2.45) is 0 Å². The van der Waals surface area contributed by atoms with E-state index in [9.17, 15) is 0 Å². The first-order valence-electron chi connectivity index (χ1n) is 6.99. The molecular weight excluding hydrogens is 244 g/mol. The maximum Gasteiger partial charge on any atom is 0.160 e. The van der Waals surface area contributed by atoms with E-state index in [1.54, 1.807) is 0 Å². The van der Waals surface area contributed by atoms with E-state index in [-0.39, 0.29) is 0 Å². The molecule has 0 amide bonds. The van der Waals surface area contributed by atoms with E-state index in [0.29, 0.717) is 5.92 Å². The number of benzene rings is 2. The van der Waals surface area contributed by atoms with Crippen molar-refractivity contribution in [2.45, 2.75) is 26.7 Å². The number of nitrogens with zero attached hydrogens (tertiary/aromatic N) is 2. The van der Waals surface area contributed by atoms with Crippen LogP contribution < -0.4 is 0 Å². The lowest BCUT2D eigenvalue weighted by atomic mass is 10.0. The summed E-state index contributed by atoms with van der Waals surface area (Å²) in [4.78, 5) is 9.52. The van der Waals surface area contributed by atoms with Crippen molar-refractivity contribution in [3.8, 4) is 11.4 Å². The molecule has 0 aliphatic carbocycles. The first kappa shape index (κ1) is 12.8. The van der Waals surface area contributed by atoms with Crippen LogP contribution in [0.25, 0.3) is 22.3 Å². The highest BCUT2D eigenvalue weighted by atomic mass is 14.9. The Morgan fingerprint density at radius 1 is 0.900 bits per heavy atom. The van der Waals surface area contributed by atoms with E-state index in [1.165, 1.54) is 10.9 Å². The highest BCUT2D eigenvalue weighted by Crippen LogP contribution is 2.26. The van der Waals surface area contributed by atoms with E-state index in [4.69, 9.17) is 9.97 Å². The van der Waals surface area contributed by atoms with Crippen LogP contribution in [0.3, 0.4) is 0 Å². The molecule has 0 atom stereocenters. The number of hydrogen-bond donors (Lipinski definition) is 0. The van der Waals surface area contributed by atoms with Gasteiger partial charge in [0.15, 0.2) is 5.82 Å². The molecule has 20 heavy (non-hydrogen) atoms. The lowest BCUT2D eigenvalue weighted by molar-refractivity contribution is 0.831. The smallest absolute Gasteiger partial charge is 0.160 e. The average molecular weight is 262 g/mol. The van der Waals surface area contributed by atoms with Gasteiger partial charge in [-0.3, -0.25) is 0 Å². The maximum absolute atomic E-state index is 4.80. The summed E-state index contributed by atoms with van der Waals surface area (Å²) < 4.78 is 0. The fourth-order valence-corrected chi connectivity index (χ4v) is 2.42. The highest BCUT2D eigenvalue weighted by molar-refractivity contribution is 5.83. The van der Waals surface area contributed by atoms with Crippen molar-refractivity contribution in [3.63, 3.8) is 0 Å². The second kappa shape index (κ2) is 5.04. The molecule has 2 nitrogen and oxygen atoms in total. The van der Waals surface area contributed by atoms with Gasteiger partial charge in [0.25, 0.3) is 0 Å². The number of aromatic nitrogens is 2. The van der Waals surface area contributed by atoms with Gasteiger partial charge in [0, 0.05) is 10.9 Å². The minimum atomic E-state index is 0.379. The number of hydrogen-bond acceptors (Lipinski definition) is 2. The van der Waals surface area contributed by atoms with Gasteiger partial charge in [0.05, 0.1) is 11.2 Å². The molecule has 0 saturated carbocycles. The molecule has 100 valence electrons. The summed E-state index contributed by atoms with van der Waals surface area (Å²) in [5.74, 6) is 1.19. The van der Waals surface area contributed by atoms with Crippen LogP contribution in [0.15, 0.2) is 48.5 Å². The van der Waals surface area contributed by atoms with E-state index >= 15 is 0 Å².